The molecule has 1 aliphatic carbocycles. The average Bonchev–Trinajstić information content (AvgIpc) is 3.04. The summed E-state index contributed by atoms with van der Waals surface area (Å²) in [6.45, 7) is 9.77. The minimum atomic E-state index is 0.149. The van der Waals surface area contributed by atoms with Crippen molar-refractivity contribution < 1.29 is 4.42 Å². The lowest BCUT2D eigenvalue weighted by Gasteiger charge is -2.31. The van der Waals surface area contributed by atoms with Crippen molar-refractivity contribution in [2.45, 2.75) is 77.5 Å². The van der Waals surface area contributed by atoms with Gasteiger partial charge in [0.15, 0.2) is 0 Å². The molecule has 21 heavy (non-hydrogen) atoms. The van der Waals surface area contributed by atoms with E-state index in [4.69, 9.17) is 4.42 Å². The molecule has 3 nitrogen and oxygen atoms in total. The largest absolute Gasteiger partial charge is 0.468 e. The highest BCUT2D eigenvalue weighted by Gasteiger charge is 2.36. The van der Waals surface area contributed by atoms with Gasteiger partial charge in [-0.15, -0.1) is 0 Å². The fourth-order valence-corrected chi connectivity index (χ4v) is 3.91. The van der Waals surface area contributed by atoms with Crippen LogP contribution in [0.2, 0.25) is 0 Å². The zero-order valence-corrected chi connectivity index (χ0v) is 13.8. The minimum Gasteiger partial charge on any atom is -0.468 e. The Kier molecular flexibility index (Phi) is 4.41. The van der Waals surface area contributed by atoms with Crippen LogP contribution in [0.25, 0.3) is 0 Å². The molecule has 0 radical (unpaired) electrons. The van der Waals surface area contributed by atoms with Crippen molar-refractivity contribution in [2.24, 2.45) is 5.92 Å². The number of furan rings is 1. The molecule has 3 heteroatoms. The molecular formula is C18H30N2O. The second-order valence-electron chi connectivity index (χ2n) is 7.84. The third-order valence-corrected chi connectivity index (χ3v) is 5.12. The standard InChI is InChI=1S/C18H30N2O/c1-18(2,3)19-12-15-9-11-21-17(15)13-20-10-8-14-6-4-5-7-16(14)20/h9,11,14,16,19H,4-8,10,12-13H2,1-3H3. The van der Waals surface area contributed by atoms with Crippen molar-refractivity contribution in [1.29, 1.82) is 0 Å². The molecule has 2 aliphatic rings. The van der Waals surface area contributed by atoms with Crippen LogP contribution in [0.1, 0.15) is 64.2 Å². The van der Waals surface area contributed by atoms with Crippen molar-refractivity contribution in [3.63, 3.8) is 0 Å². The maximum Gasteiger partial charge on any atom is 0.122 e. The SMILES string of the molecule is CC(C)(C)NCc1ccoc1CN1CCC2CCCCC21. The number of nitrogens with zero attached hydrogens (tertiary/aromatic N) is 1. The third-order valence-electron chi connectivity index (χ3n) is 5.12. The van der Waals surface area contributed by atoms with Crippen molar-refractivity contribution in [2.75, 3.05) is 6.54 Å². The normalized spacial score (nSPS) is 27.0. The van der Waals surface area contributed by atoms with Crippen molar-refractivity contribution in [1.82, 2.24) is 10.2 Å². The summed E-state index contributed by atoms with van der Waals surface area (Å²) in [6, 6.07) is 2.94. The Hall–Kier alpha value is -0.800. The van der Waals surface area contributed by atoms with Gasteiger partial charge in [0.1, 0.15) is 5.76 Å². The van der Waals surface area contributed by atoms with E-state index in [1.54, 1.807) is 0 Å². The maximum absolute atomic E-state index is 5.79. The highest BCUT2D eigenvalue weighted by Crippen LogP contribution is 2.37. The lowest BCUT2D eigenvalue weighted by molar-refractivity contribution is 0.165. The Labute approximate surface area is 129 Å². The zero-order valence-electron chi connectivity index (χ0n) is 13.8. The lowest BCUT2D eigenvalue weighted by Crippen LogP contribution is -2.36. The first-order chi connectivity index (χ1) is 10.0. The highest BCUT2D eigenvalue weighted by molar-refractivity contribution is 5.17. The fraction of sp³-hybridized carbons (Fsp3) is 0.778. The molecule has 1 saturated heterocycles. The maximum atomic E-state index is 5.79. The van der Waals surface area contributed by atoms with E-state index in [1.807, 2.05) is 6.26 Å². The van der Waals surface area contributed by atoms with Crippen LogP contribution in [0.15, 0.2) is 16.7 Å². The van der Waals surface area contributed by atoms with Gasteiger partial charge in [-0.25, -0.2) is 0 Å². The topological polar surface area (TPSA) is 28.4 Å². The molecule has 0 aromatic carbocycles. The van der Waals surface area contributed by atoms with Crippen LogP contribution in [0, 0.1) is 5.92 Å². The second-order valence-corrected chi connectivity index (χ2v) is 7.84. The van der Waals surface area contributed by atoms with E-state index < -0.39 is 0 Å². The fourth-order valence-electron chi connectivity index (χ4n) is 3.91. The van der Waals surface area contributed by atoms with E-state index >= 15 is 0 Å². The van der Waals surface area contributed by atoms with Gasteiger partial charge in [-0.05, 0) is 58.6 Å². The molecule has 1 aromatic heterocycles. The molecule has 0 bridgehead atoms. The summed E-state index contributed by atoms with van der Waals surface area (Å²) in [4.78, 5) is 2.67. The van der Waals surface area contributed by atoms with Crippen molar-refractivity contribution in [3.05, 3.63) is 23.7 Å². The van der Waals surface area contributed by atoms with E-state index in [-0.39, 0.29) is 5.54 Å². The van der Waals surface area contributed by atoms with Crippen molar-refractivity contribution >= 4 is 0 Å². The van der Waals surface area contributed by atoms with Gasteiger partial charge >= 0.3 is 0 Å². The van der Waals surface area contributed by atoms with Crippen LogP contribution >= 0.6 is 0 Å². The molecule has 3 rings (SSSR count). The predicted molar refractivity (Wildman–Crippen MR) is 86.1 cm³/mol. The Morgan fingerprint density at radius 3 is 2.86 bits per heavy atom. The summed E-state index contributed by atoms with van der Waals surface area (Å²) < 4.78 is 5.79. The van der Waals surface area contributed by atoms with Crippen LogP contribution in [0.3, 0.4) is 0 Å². The number of hydrogen-bond donors (Lipinski definition) is 1. The molecular weight excluding hydrogens is 260 g/mol. The van der Waals surface area contributed by atoms with Crippen LogP contribution in [0.4, 0.5) is 0 Å². The van der Waals surface area contributed by atoms with Gasteiger partial charge < -0.3 is 9.73 Å². The molecule has 1 aromatic rings. The Morgan fingerprint density at radius 2 is 2.05 bits per heavy atom. The lowest BCUT2D eigenvalue weighted by atomic mass is 9.85. The quantitative estimate of drug-likeness (QED) is 0.910. The first-order valence-electron chi connectivity index (χ1n) is 8.57. The molecule has 2 unspecified atom stereocenters. The molecule has 0 spiro atoms. The summed E-state index contributed by atoms with van der Waals surface area (Å²) in [5.41, 5.74) is 1.47. The molecule has 1 aliphatic heterocycles. The molecule has 0 amide bonds. The summed E-state index contributed by atoms with van der Waals surface area (Å²) in [6.07, 6.45) is 8.92. The molecule has 2 atom stereocenters. The molecule has 1 saturated carbocycles. The van der Waals surface area contributed by atoms with Crippen molar-refractivity contribution in [3.8, 4) is 0 Å². The van der Waals surface area contributed by atoms with Crippen LogP contribution in [0.5, 0.6) is 0 Å². The number of hydrogen-bond acceptors (Lipinski definition) is 3. The number of nitrogens with one attached hydrogen (secondary N) is 1. The summed E-state index contributed by atoms with van der Waals surface area (Å²) >= 11 is 0. The van der Waals surface area contributed by atoms with Gasteiger partial charge in [0.05, 0.1) is 12.8 Å². The van der Waals surface area contributed by atoms with Gasteiger partial charge in [-0.2, -0.15) is 0 Å². The van der Waals surface area contributed by atoms with E-state index in [0.717, 1.165) is 30.8 Å². The molecule has 118 valence electrons. The van der Waals surface area contributed by atoms with Gasteiger partial charge in [0, 0.05) is 23.7 Å². The smallest absolute Gasteiger partial charge is 0.122 e. The van der Waals surface area contributed by atoms with Crippen LogP contribution in [-0.4, -0.2) is 23.0 Å². The number of fused-ring (bicyclic) bond motifs is 1. The summed E-state index contributed by atoms with van der Waals surface area (Å²) in [7, 11) is 0. The van der Waals surface area contributed by atoms with E-state index in [0.29, 0.717) is 0 Å². The molecule has 2 heterocycles. The van der Waals surface area contributed by atoms with Gasteiger partial charge in [0.25, 0.3) is 0 Å². The minimum absolute atomic E-state index is 0.149. The molecule has 1 N–H and O–H groups in total. The van der Waals surface area contributed by atoms with Gasteiger partial charge in [-0.1, -0.05) is 12.8 Å². The number of rotatable bonds is 4. The zero-order chi connectivity index (χ0) is 14.9. The summed E-state index contributed by atoms with van der Waals surface area (Å²) in [5.74, 6) is 2.11. The van der Waals surface area contributed by atoms with E-state index in [2.05, 4.69) is 37.1 Å². The third kappa shape index (κ3) is 3.70. The average molecular weight is 290 g/mol. The predicted octanol–water partition coefficient (Wildman–Crippen LogP) is 3.93. The Balaban J connectivity index is 1.61. The van der Waals surface area contributed by atoms with Crippen LogP contribution in [-0.2, 0) is 13.1 Å². The van der Waals surface area contributed by atoms with Gasteiger partial charge in [-0.3, -0.25) is 4.90 Å². The second kappa shape index (κ2) is 6.13. The van der Waals surface area contributed by atoms with Crippen LogP contribution < -0.4 is 5.32 Å². The van der Waals surface area contributed by atoms with E-state index in [9.17, 15) is 0 Å². The van der Waals surface area contributed by atoms with E-state index in [1.165, 1.54) is 44.2 Å². The highest BCUT2D eigenvalue weighted by atomic mass is 16.3. The Morgan fingerprint density at radius 1 is 1.24 bits per heavy atom. The van der Waals surface area contributed by atoms with Gasteiger partial charge in [0.2, 0.25) is 0 Å². The first-order valence-corrected chi connectivity index (χ1v) is 8.57. The first kappa shape index (κ1) is 15.1. The monoisotopic (exact) mass is 290 g/mol. The molecule has 2 fully saturated rings. The Bertz CT molecular complexity index is 460. The summed E-state index contributed by atoms with van der Waals surface area (Å²) in [5, 5.41) is 3.57. The number of likely N-dealkylation sites (tertiary alicyclic amines) is 1.